The van der Waals surface area contributed by atoms with Crippen LogP contribution in [0, 0.1) is 70.3 Å². The molecule has 284 valence electrons. The molecule has 16 heteroatoms. The Bertz CT molecular complexity index is 1730. The van der Waals surface area contributed by atoms with E-state index < -0.39 is 72.4 Å². The predicted octanol–water partition coefficient (Wildman–Crippen LogP) is 10.9. The molecule has 0 aromatic heterocycles. The maximum atomic E-state index is 12.0. The molecule has 6 aromatic carbocycles. The summed E-state index contributed by atoms with van der Waals surface area (Å²) >= 11 is 4.18. The molecule has 0 radical (unpaired) electrons. The molecule has 53 heavy (non-hydrogen) atoms. The second kappa shape index (κ2) is 23.6. The molecule has 0 nitrogen and oxygen atoms in total. The summed E-state index contributed by atoms with van der Waals surface area (Å²) in [4.78, 5) is 0. The van der Waals surface area contributed by atoms with Gasteiger partial charge in [-0.05, 0) is 21.2 Å². The van der Waals surface area contributed by atoms with Crippen molar-refractivity contribution in [1.82, 2.24) is 0 Å². The van der Waals surface area contributed by atoms with Crippen molar-refractivity contribution in [3.05, 3.63) is 192 Å². The molecule has 0 spiro atoms. The topological polar surface area (TPSA) is 0 Å². The summed E-state index contributed by atoms with van der Waals surface area (Å²) in [5.74, 6) is -20.1. The van der Waals surface area contributed by atoms with E-state index >= 15 is 0 Å². The van der Waals surface area contributed by atoms with Crippen molar-refractivity contribution in [3.63, 3.8) is 0 Å². The molecule has 0 amide bonds. The summed E-state index contributed by atoms with van der Waals surface area (Å²) in [5, 5.41) is 6.81. The van der Waals surface area contributed by atoms with Crippen molar-refractivity contribution >= 4 is 58.2 Å². The molecule has 6 aromatic rings. The summed E-state index contributed by atoms with van der Waals surface area (Å²) in [7, 11) is -0.826. The molecule has 0 saturated carbocycles. The summed E-state index contributed by atoms with van der Waals surface area (Å²) in [5.41, 5.74) is 0. The van der Waals surface area contributed by atoms with Gasteiger partial charge in [-0.3, -0.25) is 17.6 Å². The first-order valence-corrected chi connectivity index (χ1v) is 20.2. The molecule has 0 aliphatic rings. The molecule has 0 saturated heterocycles. The number of rotatable bonds is 8. The third kappa shape index (κ3) is 13.4. The van der Waals surface area contributed by atoms with Crippen molar-refractivity contribution in [1.29, 1.82) is 0 Å². The van der Waals surface area contributed by atoms with Gasteiger partial charge < -0.3 is 0 Å². The molecule has 0 fully saturated rings. The van der Waals surface area contributed by atoms with E-state index in [1.165, 1.54) is 21.2 Å². The molecule has 0 unspecified atom stereocenters. The van der Waals surface area contributed by atoms with Gasteiger partial charge >= 0.3 is 44.8 Å². The van der Waals surface area contributed by atoms with Crippen molar-refractivity contribution in [3.8, 4) is 0 Å². The van der Waals surface area contributed by atoms with E-state index in [-0.39, 0.29) is 44.8 Å². The van der Waals surface area contributed by atoms with Gasteiger partial charge in [-0.1, -0.05) is 121 Å². The number of hydrogen-bond acceptors (Lipinski definition) is 2. The minimum absolute atomic E-state index is 0. The van der Waals surface area contributed by atoms with E-state index in [0.29, 0.717) is 0 Å². The van der Waals surface area contributed by atoms with Gasteiger partial charge in [0.05, 0.1) is 58.2 Å². The molecule has 6 rings (SSSR count). The van der Waals surface area contributed by atoms with Gasteiger partial charge in [-0.2, -0.15) is 0 Å². The zero-order valence-corrected chi connectivity index (χ0v) is 34.1. The Balaban J connectivity index is 0.000000334. The van der Waals surface area contributed by atoms with Crippen molar-refractivity contribution in [2.75, 3.05) is 5.08 Å². The molecule has 0 aliphatic carbocycles. The molecular weight excluding hydrogens is 1150 g/mol. The third-order valence-corrected chi connectivity index (χ3v) is 16.7. The Morgan fingerprint density at radius 2 is 0.547 bits per heavy atom. The van der Waals surface area contributed by atoms with Gasteiger partial charge in [0.15, 0.2) is 0 Å². The van der Waals surface area contributed by atoms with Crippen LogP contribution in [-0.2, 0) is 44.8 Å². The summed E-state index contributed by atoms with van der Waals surface area (Å²) < 4.78 is 120. The largest absolute Gasteiger partial charge is 1.00 e. The van der Waals surface area contributed by atoms with E-state index in [9.17, 15) is 43.9 Å². The van der Waals surface area contributed by atoms with Gasteiger partial charge in [-0.25, -0.2) is 26.3 Å². The Morgan fingerprint density at radius 3 is 0.755 bits per heavy atom. The fourth-order valence-electron chi connectivity index (χ4n) is 3.97. The normalized spacial score (nSPS) is 10.3. The van der Waals surface area contributed by atoms with Crippen LogP contribution < -0.4 is 21.2 Å². The van der Waals surface area contributed by atoms with Crippen LogP contribution in [0.1, 0.15) is 0 Å². The zero-order chi connectivity index (χ0) is 36.9. The third-order valence-electron chi connectivity index (χ3n) is 6.31. The minimum Gasteiger partial charge on any atom is -0.278 e. The molecule has 0 aliphatic heterocycles. The average molecular weight is 1180 g/mol. The fourth-order valence-corrected chi connectivity index (χ4v) is 14.8. The maximum absolute atomic E-state index is 12.0. The quantitative estimate of drug-likeness (QED) is 0.0283. The average Bonchev–Trinajstić information content (AvgIpc) is 3.16. The Hall–Kier alpha value is -2.34. The summed E-state index contributed by atoms with van der Waals surface area (Å²) in [6.07, 6.45) is 0. The second-order valence-electron chi connectivity index (χ2n) is 9.70. The predicted molar refractivity (Wildman–Crippen MR) is 188 cm³/mol. The zero-order valence-electron chi connectivity index (χ0n) is 26.3. The van der Waals surface area contributed by atoms with Crippen molar-refractivity contribution < 1.29 is 88.7 Å². The SMILES string of the molecule is Fc1[c-]c(F)c(F)c(F)c1F.Fc1[c-]c(F)c(F)c(F)c1F.[Au+].[Au+].c1ccc(P(SCSP(c2ccccc2)c2ccccc2)c2ccccc2)cc1. The van der Waals surface area contributed by atoms with Gasteiger partial charge in [0, 0.05) is 19.3 Å². The van der Waals surface area contributed by atoms with Crippen LogP contribution in [0.25, 0.3) is 0 Å². The number of hydrogen-bond donors (Lipinski definition) is 0. The smallest absolute Gasteiger partial charge is 0.278 e. The summed E-state index contributed by atoms with van der Waals surface area (Å²) in [6, 6.07) is 45.9. The van der Waals surface area contributed by atoms with Crippen LogP contribution in [0.4, 0.5) is 43.9 Å². The first-order valence-electron chi connectivity index (χ1n) is 14.4. The van der Waals surface area contributed by atoms with Gasteiger partial charge in [-0.15, -0.1) is 34.9 Å². The van der Waals surface area contributed by atoms with Gasteiger partial charge in [0.25, 0.3) is 0 Å². The molecule has 0 heterocycles. The first kappa shape index (κ1) is 46.8. The van der Waals surface area contributed by atoms with Crippen LogP contribution in [0.5, 0.6) is 0 Å². The van der Waals surface area contributed by atoms with Crippen LogP contribution in [-0.4, -0.2) is 5.08 Å². The standard InChI is InChI=1S/C25H22P2S2.2C6F5.2Au/c1-5-13-22(14-6-1)26(23-15-7-2-8-16-23)28-21-29-27(24-17-9-3-10-18-24)25-19-11-4-12-20-25;2*7-2-1-3(8)5(10)6(11)4(2)9;;/h1-20H,21H2;;;;/q;2*-1;2*+1. The van der Waals surface area contributed by atoms with E-state index in [1.807, 2.05) is 0 Å². The number of benzene rings is 6. The molecule has 0 bridgehead atoms. The first-order chi connectivity index (χ1) is 24.5. The minimum atomic E-state index is -2.17. The molecule has 0 atom stereocenters. The van der Waals surface area contributed by atoms with Crippen LogP contribution in [0.2, 0.25) is 0 Å². The van der Waals surface area contributed by atoms with Crippen LogP contribution in [0.3, 0.4) is 0 Å². The maximum Gasteiger partial charge on any atom is 1.00 e. The Morgan fingerprint density at radius 1 is 0.340 bits per heavy atom. The Labute approximate surface area is 341 Å². The van der Waals surface area contributed by atoms with E-state index in [1.54, 1.807) is 0 Å². The van der Waals surface area contributed by atoms with Gasteiger partial charge in [0.1, 0.15) is 0 Å². The fraction of sp³-hybridized carbons (Fsp3) is 0.0270. The summed E-state index contributed by atoms with van der Waals surface area (Å²) in [6.45, 7) is 0. The second-order valence-corrected chi connectivity index (χ2v) is 18.1. The van der Waals surface area contributed by atoms with E-state index in [4.69, 9.17) is 0 Å². The van der Waals surface area contributed by atoms with E-state index in [0.717, 1.165) is 17.2 Å². The van der Waals surface area contributed by atoms with Crippen molar-refractivity contribution in [2.24, 2.45) is 0 Å². The molecule has 0 N–H and O–H groups in total. The van der Waals surface area contributed by atoms with Crippen LogP contribution in [0.15, 0.2) is 121 Å². The van der Waals surface area contributed by atoms with E-state index in [2.05, 4.69) is 144 Å². The van der Waals surface area contributed by atoms with Crippen molar-refractivity contribution in [2.45, 2.75) is 0 Å². The molecular formula is C37H22Au2F10P2S2. The number of halogens is 10. The Kier molecular flexibility index (Phi) is 20.8. The van der Waals surface area contributed by atoms with Crippen LogP contribution >= 0.6 is 37.0 Å². The van der Waals surface area contributed by atoms with Gasteiger partial charge in [0.2, 0.25) is 0 Å². The monoisotopic (exact) mass is 1180 g/mol.